The van der Waals surface area contributed by atoms with Gasteiger partial charge in [0.1, 0.15) is 0 Å². The molecule has 3 heteroatoms. The van der Waals surface area contributed by atoms with Crippen molar-refractivity contribution in [3.8, 4) is 0 Å². The van der Waals surface area contributed by atoms with Gasteiger partial charge >= 0.3 is 0 Å². The first-order valence-electron chi connectivity index (χ1n) is 6.28. The predicted octanol–water partition coefficient (Wildman–Crippen LogP) is 1.26. The summed E-state index contributed by atoms with van der Waals surface area (Å²) in [6.45, 7) is 2.88. The van der Waals surface area contributed by atoms with Gasteiger partial charge in [-0.05, 0) is 24.0 Å². The molecular formula is C14H17NO2. The Kier molecular flexibility index (Phi) is 2.85. The van der Waals surface area contributed by atoms with Crippen LogP contribution in [0.1, 0.15) is 11.1 Å². The minimum absolute atomic E-state index is 0.158. The van der Waals surface area contributed by atoms with Gasteiger partial charge in [-0.15, -0.1) is 0 Å². The van der Waals surface area contributed by atoms with Crippen molar-refractivity contribution in [1.29, 1.82) is 0 Å². The van der Waals surface area contributed by atoms with E-state index in [1.807, 2.05) is 4.90 Å². The van der Waals surface area contributed by atoms with Crippen molar-refractivity contribution >= 4 is 5.91 Å². The highest BCUT2D eigenvalue weighted by molar-refractivity contribution is 5.80. The lowest BCUT2D eigenvalue weighted by molar-refractivity contribution is -0.139. The Balaban J connectivity index is 1.69. The van der Waals surface area contributed by atoms with Crippen LogP contribution in [-0.4, -0.2) is 37.1 Å². The molecule has 1 fully saturated rings. The maximum atomic E-state index is 12.3. The molecular weight excluding hydrogens is 214 g/mol. The van der Waals surface area contributed by atoms with Crippen molar-refractivity contribution in [2.75, 3.05) is 26.3 Å². The number of hydrogen-bond donors (Lipinski definition) is 0. The Labute approximate surface area is 101 Å². The zero-order valence-corrected chi connectivity index (χ0v) is 9.89. The number of morpholine rings is 1. The second kappa shape index (κ2) is 4.49. The Morgan fingerprint density at radius 1 is 1.12 bits per heavy atom. The summed E-state index contributed by atoms with van der Waals surface area (Å²) < 4.78 is 5.28. The molecule has 0 aromatic heterocycles. The lowest BCUT2D eigenvalue weighted by Crippen LogP contribution is -2.44. The summed E-state index contributed by atoms with van der Waals surface area (Å²) in [5.74, 6) is 0.468. The fraction of sp³-hybridized carbons (Fsp3) is 0.500. The minimum atomic E-state index is 0.158. The van der Waals surface area contributed by atoms with E-state index >= 15 is 0 Å². The molecule has 1 saturated heterocycles. The number of fused-ring (bicyclic) bond motifs is 1. The largest absolute Gasteiger partial charge is 0.378 e. The lowest BCUT2D eigenvalue weighted by atomic mass is 10.0. The Morgan fingerprint density at radius 3 is 2.29 bits per heavy atom. The quantitative estimate of drug-likeness (QED) is 0.728. The van der Waals surface area contributed by atoms with Crippen LogP contribution in [0.3, 0.4) is 0 Å². The number of amides is 1. The first-order valence-corrected chi connectivity index (χ1v) is 6.28. The number of carbonyl (C=O) groups is 1. The van der Waals surface area contributed by atoms with Crippen LogP contribution >= 0.6 is 0 Å². The minimum Gasteiger partial charge on any atom is -0.378 e. The van der Waals surface area contributed by atoms with Gasteiger partial charge in [-0.1, -0.05) is 24.3 Å². The van der Waals surface area contributed by atoms with E-state index in [9.17, 15) is 4.79 Å². The first kappa shape index (κ1) is 10.8. The smallest absolute Gasteiger partial charge is 0.226 e. The number of carbonyl (C=O) groups excluding carboxylic acids is 1. The first-order chi connectivity index (χ1) is 8.34. The number of nitrogens with zero attached hydrogens (tertiary/aromatic N) is 1. The second-order valence-electron chi connectivity index (χ2n) is 4.81. The highest BCUT2D eigenvalue weighted by Crippen LogP contribution is 2.27. The summed E-state index contributed by atoms with van der Waals surface area (Å²) in [5, 5.41) is 0. The molecule has 3 nitrogen and oxygen atoms in total. The van der Waals surface area contributed by atoms with Crippen molar-refractivity contribution in [2.24, 2.45) is 5.92 Å². The van der Waals surface area contributed by atoms with E-state index in [1.54, 1.807) is 0 Å². The fourth-order valence-electron chi connectivity index (χ4n) is 2.78. The van der Waals surface area contributed by atoms with E-state index in [1.165, 1.54) is 11.1 Å². The molecule has 0 spiro atoms. The Bertz CT molecular complexity index is 399. The van der Waals surface area contributed by atoms with E-state index < -0.39 is 0 Å². The molecule has 1 heterocycles. The van der Waals surface area contributed by atoms with Crippen molar-refractivity contribution in [3.63, 3.8) is 0 Å². The van der Waals surface area contributed by atoms with E-state index in [2.05, 4.69) is 24.3 Å². The van der Waals surface area contributed by atoms with E-state index in [0.717, 1.165) is 25.9 Å². The topological polar surface area (TPSA) is 29.5 Å². The number of benzene rings is 1. The molecule has 17 heavy (non-hydrogen) atoms. The van der Waals surface area contributed by atoms with Gasteiger partial charge in [-0.25, -0.2) is 0 Å². The highest BCUT2D eigenvalue weighted by atomic mass is 16.5. The zero-order chi connectivity index (χ0) is 11.7. The Hall–Kier alpha value is -1.35. The molecule has 1 aromatic carbocycles. The molecule has 1 aliphatic carbocycles. The van der Waals surface area contributed by atoms with Crippen molar-refractivity contribution in [3.05, 3.63) is 35.4 Å². The normalized spacial score (nSPS) is 20.4. The van der Waals surface area contributed by atoms with E-state index in [0.29, 0.717) is 19.1 Å². The summed E-state index contributed by atoms with van der Waals surface area (Å²) in [7, 11) is 0. The van der Waals surface area contributed by atoms with Gasteiger partial charge in [0, 0.05) is 19.0 Å². The third kappa shape index (κ3) is 2.07. The second-order valence-corrected chi connectivity index (χ2v) is 4.81. The zero-order valence-electron chi connectivity index (χ0n) is 9.89. The number of hydrogen-bond acceptors (Lipinski definition) is 2. The Morgan fingerprint density at radius 2 is 1.71 bits per heavy atom. The van der Waals surface area contributed by atoms with Crippen molar-refractivity contribution < 1.29 is 9.53 Å². The highest BCUT2D eigenvalue weighted by Gasteiger charge is 2.30. The predicted molar refractivity (Wildman–Crippen MR) is 64.7 cm³/mol. The van der Waals surface area contributed by atoms with Gasteiger partial charge in [0.15, 0.2) is 0 Å². The molecule has 1 aromatic rings. The third-order valence-electron chi connectivity index (χ3n) is 3.72. The summed E-state index contributed by atoms with van der Waals surface area (Å²) in [6.07, 6.45) is 1.82. The molecule has 0 saturated carbocycles. The maximum Gasteiger partial charge on any atom is 0.226 e. The summed E-state index contributed by atoms with van der Waals surface area (Å²) >= 11 is 0. The summed E-state index contributed by atoms with van der Waals surface area (Å²) in [5.41, 5.74) is 2.69. The van der Waals surface area contributed by atoms with Gasteiger partial charge in [-0.2, -0.15) is 0 Å². The number of ether oxygens (including phenoxy) is 1. The van der Waals surface area contributed by atoms with Gasteiger partial charge in [0.25, 0.3) is 0 Å². The van der Waals surface area contributed by atoms with Crippen LogP contribution in [0, 0.1) is 5.92 Å². The van der Waals surface area contributed by atoms with Crippen LogP contribution in [-0.2, 0) is 22.4 Å². The molecule has 0 bridgehead atoms. The summed E-state index contributed by atoms with van der Waals surface area (Å²) in [6, 6.07) is 8.39. The fourth-order valence-corrected chi connectivity index (χ4v) is 2.78. The van der Waals surface area contributed by atoms with Crippen molar-refractivity contribution in [2.45, 2.75) is 12.8 Å². The van der Waals surface area contributed by atoms with Crippen LogP contribution < -0.4 is 0 Å². The molecule has 1 aliphatic heterocycles. The van der Waals surface area contributed by atoms with Gasteiger partial charge in [0.2, 0.25) is 5.91 Å². The van der Waals surface area contributed by atoms with Crippen LogP contribution in [0.15, 0.2) is 24.3 Å². The molecule has 0 atom stereocenters. The molecule has 1 amide bonds. The number of rotatable bonds is 1. The molecule has 0 radical (unpaired) electrons. The molecule has 0 N–H and O–H groups in total. The van der Waals surface area contributed by atoms with Crippen LogP contribution in [0.4, 0.5) is 0 Å². The molecule has 0 unspecified atom stereocenters. The SMILES string of the molecule is O=C(C1Cc2ccccc2C1)N1CCOCC1. The molecule has 90 valence electrons. The average Bonchev–Trinajstić information content (AvgIpc) is 2.82. The standard InChI is InChI=1S/C14H17NO2/c16-14(15-5-7-17-8-6-15)13-9-11-3-1-2-4-12(11)10-13/h1-4,13H,5-10H2. The average molecular weight is 231 g/mol. The van der Waals surface area contributed by atoms with Crippen LogP contribution in [0.5, 0.6) is 0 Å². The van der Waals surface area contributed by atoms with Gasteiger partial charge in [-0.3, -0.25) is 4.79 Å². The van der Waals surface area contributed by atoms with Crippen LogP contribution in [0.25, 0.3) is 0 Å². The summed E-state index contributed by atoms with van der Waals surface area (Å²) in [4.78, 5) is 14.3. The third-order valence-corrected chi connectivity index (χ3v) is 3.72. The maximum absolute atomic E-state index is 12.3. The monoisotopic (exact) mass is 231 g/mol. The molecule has 2 aliphatic rings. The van der Waals surface area contributed by atoms with Gasteiger partial charge < -0.3 is 9.64 Å². The van der Waals surface area contributed by atoms with Crippen LogP contribution in [0.2, 0.25) is 0 Å². The van der Waals surface area contributed by atoms with Gasteiger partial charge in [0.05, 0.1) is 13.2 Å². The molecule has 3 rings (SSSR count). The van der Waals surface area contributed by atoms with E-state index in [4.69, 9.17) is 4.74 Å². The van der Waals surface area contributed by atoms with Crippen molar-refractivity contribution in [1.82, 2.24) is 4.90 Å². The lowest BCUT2D eigenvalue weighted by Gasteiger charge is -2.29. The van der Waals surface area contributed by atoms with E-state index in [-0.39, 0.29) is 5.92 Å².